The second kappa shape index (κ2) is 4.14. The lowest BCUT2D eigenvalue weighted by Crippen LogP contribution is -2.01. The molecule has 2 heterocycles. The molecule has 0 aliphatic rings. The molecule has 0 spiro atoms. The molecule has 3 rings (SSSR count). The van der Waals surface area contributed by atoms with Crippen molar-refractivity contribution < 1.29 is 4.63 Å². The van der Waals surface area contributed by atoms with Gasteiger partial charge in [0.2, 0.25) is 0 Å². The van der Waals surface area contributed by atoms with Crippen LogP contribution in [0.25, 0.3) is 16.7 Å². The monoisotopic (exact) mass is 243 g/mol. The predicted molar refractivity (Wildman–Crippen MR) is 67.3 cm³/mol. The minimum atomic E-state index is 0.562. The van der Waals surface area contributed by atoms with Crippen LogP contribution in [0.3, 0.4) is 0 Å². The van der Waals surface area contributed by atoms with Gasteiger partial charge in [-0.1, -0.05) is 6.92 Å². The zero-order valence-electron chi connectivity index (χ0n) is 10.00. The van der Waals surface area contributed by atoms with Crippen LogP contribution < -0.4 is 5.73 Å². The van der Waals surface area contributed by atoms with Gasteiger partial charge in [-0.05, 0) is 28.9 Å². The number of nitrogens with zero attached hydrogens (tertiary/aromatic N) is 4. The van der Waals surface area contributed by atoms with Crippen molar-refractivity contribution in [1.29, 1.82) is 0 Å². The molecule has 18 heavy (non-hydrogen) atoms. The third-order valence-corrected chi connectivity index (χ3v) is 2.88. The second-order valence-electron chi connectivity index (χ2n) is 4.10. The van der Waals surface area contributed by atoms with Gasteiger partial charge in [-0.25, -0.2) is 9.61 Å². The molecule has 0 bridgehead atoms. The molecular weight excluding hydrogens is 230 g/mol. The Balaban J connectivity index is 2.22. The molecule has 0 atom stereocenters. The van der Waals surface area contributed by atoms with E-state index in [2.05, 4.69) is 22.2 Å². The van der Waals surface area contributed by atoms with Crippen molar-refractivity contribution in [1.82, 2.24) is 19.9 Å². The van der Waals surface area contributed by atoms with E-state index >= 15 is 0 Å². The third kappa shape index (κ3) is 1.54. The average Bonchev–Trinajstić information content (AvgIpc) is 2.99. The number of imidazole rings is 1. The van der Waals surface area contributed by atoms with Gasteiger partial charge in [0, 0.05) is 18.8 Å². The quantitative estimate of drug-likeness (QED) is 0.711. The minimum absolute atomic E-state index is 0.562. The summed E-state index contributed by atoms with van der Waals surface area (Å²) in [5.41, 5.74) is 8.53. The number of nitrogen functional groups attached to an aromatic ring is 1. The summed E-state index contributed by atoms with van der Waals surface area (Å²) in [5, 5.41) is 7.74. The summed E-state index contributed by atoms with van der Waals surface area (Å²) in [5.74, 6) is 0.992. The molecule has 0 aliphatic carbocycles. The van der Waals surface area contributed by atoms with Gasteiger partial charge in [-0.3, -0.25) is 0 Å². The van der Waals surface area contributed by atoms with Gasteiger partial charge >= 0.3 is 0 Å². The van der Waals surface area contributed by atoms with Crippen LogP contribution in [0, 0.1) is 0 Å². The smallest absolute Gasteiger partial charge is 0.161 e. The molecule has 0 unspecified atom stereocenters. The first-order valence-electron chi connectivity index (χ1n) is 5.84. The highest BCUT2D eigenvalue weighted by Crippen LogP contribution is 2.25. The van der Waals surface area contributed by atoms with Crippen LogP contribution in [0.5, 0.6) is 0 Å². The van der Waals surface area contributed by atoms with Crippen molar-refractivity contribution in [3.63, 3.8) is 0 Å². The molecule has 2 aromatic heterocycles. The third-order valence-electron chi connectivity index (χ3n) is 2.88. The molecule has 6 heteroatoms. The molecule has 0 aliphatic heterocycles. The zero-order valence-corrected chi connectivity index (χ0v) is 10.00. The molecular formula is C12H13N5O. The standard InChI is InChI=1S/C12H13N5O/c1-2-3-10-14-6-7-17(10)9-5-4-8(13)11-12(9)16-18-15-11/h4-7H,2-3,13H2,1H3. The molecule has 92 valence electrons. The van der Waals surface area contributed by atoms with Crippen LogP contribution in [-0.2, 0) is 6.42 Å². The number of nitrogens with two attached hydrogens (primary N) is 1. The van der Waals surface area contributed by atoms with Crippen LogP contribution in [-0.4, -0.2) is 19.9 Å². The number of aromatic nitrogens is 4. The van der Waals surface area contributed by atoms with E-state index in [1.807, 2.05) is 16.8 Å². The van der Waals surface area contributed by atoms with Crippen molar-refractivity contribution in [2.75, 3.05) is 5.73 Å². The Morgan fingerprint density at radius 2 is 2.11 bits per heavy atom. The van der Waals surface area contributed by atoms with Gasteiger partial charge < -0.3 is 10.3 Å². The van der Waals surface area contributed by atoms with Crippen LogP contribution in [0.15, 0.2) is 29.2 Å². The van der Waals surface area contributed by atoms with E-state index in [4.69, 9.17) is 10.4 Å². The zero-order chi connectivity index (χ0) is 12.5. The van der Waals surface area contributed by atoms with Crippen molar-refractivity contribution >= 4 is 16.7 Å². The summed E-state index contributed by atoms with van der Waals surface area (Å²) in [4.78, 5) is 4.35. The number of hydrogen-bond donors (Lipinski definition) is 1. The van der Waals surface area contributed by atoms with Crippen LogP contribution in [0.2, 0.25) is 0 Å². The van der Waals surface area contributed by atoms with Gasteiger partial charge in [-0.2, -0.15) is 0 Å². The first-order chi connectivity index (χ1) is 8.81. The number of benzene rings is 1. The Hall–Kier alpha value is -2.37. The van der Waals surface area contributed by atoms with Crippen molar-refractivity contribution in [2.45, 2.75) is 19.8 Å². The van der Waals surface area contributed by atoms with Gasteiger partial charge in [0.15, 0.2) is 11.0 Å². The van der Waals surface area contributed by atoms with Gasteiger partial charge in [0.1, 0.15) is 5.82 Å². The minimum Gasteiger partial charge on any atom is -0.397 e. The molecule has 6 nitrogen and oxygen atoms in total. The fourth-order valence-electron chi connectivity index (χ4n) is 2.03. The van der Waals surface area contributed by atoms with Crippen molar-refractivity contribution in [2.24, 2.45) is 0 Å². The Labute approximate surface area is 103 Å². The largest absolute Gasteiger partial charge is 0.397 e. The molecule has 2 N–H and O–H groups in total. The fraction of sp³-hybridized carbons (Fsp3) is 0.250. The van der Waals surface area contributed by atoms with E-state index in [-0.39, 0.29) is 0 Å². The maximum atomic E-state index is 5.83. The van der Waals surface area contributed by atoms with E-state index in [0.29, 0.717) is 16.7 Å². The maximum absolute atomic E-state index is 5.83. The van der Waals surface area contributed by atoms with Crippen molar-refractivity contribution in [3.05, 3.63) is 30.4 Å². The highest BCUT2D eigenvalue weighted by molar-refractivity contribution is 5.91. The molecule has 0 saturated carbocycles. The van der Waals surface area contributed by atoms with E-state index in [1.54, 1.807) is 12.3 Å². The normalized spacial score (nSPS) is 11.2. The van der Waals surface area contributed by atoms with Crippen LogP contribution in [0.1, 0.15) is 19.2 Å². The van der Waals surface area contributed by atoms with E-state index in [0.717, 1.165) is 24.4 Å². The number of aryl methyl sites for hydroxylation is 1. The Kier molecular flexibility index (Phi) is 2.47. The molecule has 3 aromatic rings. The number of anilines is 1. The summed E-state index contributed by atoms with van der Waals surface area (Å²) in [6.45, 7) is 2.12. The second-order valence-corrected chi connectivity index (χ2v) is 4.10. The number of fused-ring (bicyclic) bond motifs is 1. The van der Waals surface area contributed by atoms with Crippen molar-refractivity contribution in [3.8, 4) is 5.69 Å². The van der Waals surface area contributed by atoms with E-state index < -0.39 is 0 Å². The lowest BCUT2D eigenvalue weighted by molar-refractivity contribution is 0.315. The lowest BCUT2D eigenvalue weighted by atomic mass is 10.2. The first kappa shape index (κ1) is 10.8. The summed E-state index contributed by atoms with van der Waals surface area (Å²) in [6, 6.07) is 3.71. The molecule has 1 aromatic carbocycles. The number of hydrogen-bond acceptors (Lipinski definition) is 5. The molecule has 0 radical (unpaired) electrons. The lowest BCUT2D eigenvalue weighted by Gasteiger charge is -2.07. The maximum Gasteiger partial charge on any atom is 0.161 e. The Morgan fingerprint density at radius 3 is 2.94 bits per heavy atom. The summed E-state index contributed by atoms with van der Waals surface area (Å²) in [7, 11) is 0. The van der Waals surface area contributed by atoms with Crippen LogP contribution >= 0.6 is 0 Å². The van der Waals surface area contributed by atoms with E-state index in [9.17, 15) is 0 Å². The van der Waals surface area contributed by atoms with E-state index in [1.165, 1.54) is 0 Å². The topological polar surface area (TPSA) is 82.8 Å². The molecule has 0 saturated heterocycles. The molecule has 0 amide bonds. The molecule has 0 fully saturated rings. The summed E-state index contributed by atoms with van der Waals surface area (Å²) < 4.78 is 6.77. The Morgan fingerprint density at radius 1 is 1.28 bits per heavy atom. The highest BCUT2D eigenvalue weighted by Gasteiger charge is 2.13. The summed E-state index contributed by atoms with van der Waals surface area (Å²) in [6.07, 6.45) is 5.63. The van der Waals surface area contributed by atoms with Crippen LogP contribution in [0.4, 0.5) is 5.69 Å². The predicted octanol–water partition coefficient (Wildman–Crippen LogP) is 1.94. The average molecular weight is 243 g/mol. The number of rotatable bonds is 3. The van der Waals surface area contributed by atoms with Gasteiger partial charge in [0.25, 0.3) is 0 Å². The highest BCUT2D eigenvalue weighted by atomic mass is 16.6. The van der Waals surface area contributed by atoms with Gasteiger partial charge in [0.05, 0.1) is 11.4 Å². The van der Waals surface area contributed by atoms with Gasteiger partial charge in [-0.15, -0.1) is 0 Å². The summed E-state index contributed by atoms with van der Waals surface area (Å²) >= 11 is 0. The first-order valence-corrected chi connectivity index (χ1v) is 5.84. The Bertz CT molecular complexity index is 685. The fourth-order valence-corrected chi connectivity index (χ4v) is 2.03. The SMILES string of the molecule is CCCc1nccn1-c1ccc(N)c2nonc12.